The summed E-state index contributed by atoms with van der Waals surface area (Å²) in [6.07, 6.45) is 6.53. The van der Waals surface area contributed by atoms with E-state index in [1.54, 1.807) is 0 Å². The normalized spacial score (nSPS) is 19.3. The minimum atomic E-state index is -0.578. The molecule has 1 unspecified atom stereocenters. The van der Waals surface area contributed by atoms with Gasteiger partial charge >= 0.3 is 0 Å². The highest BCUT2D eigenvalue weighted by Gasteiger charge is 2.38. The molecule has 2 amide bonds. The van der Waals surface area contributed by atoms with Crippen LogP contribution in [0.2, 0.25) is 0 Å². The third-order valence-electron chi connectivity index (χ3n) is 7.24. The van der Waals surface area contributed by atoms with E-state index in [0.717, 1.165) is 51.6 Å². The lowest BCUT2D eigenvalue weighted by Crippen LogP contribution is -2.45. The average Bonchev–Trinajstić information content (AvgIpc) is 3.23. The van der Waals surface area contributed by atoms with E-state index >= 15 is 0 Å². The molecule has 1 saturated heterocycles. The van der Waals surface area contributed by atoms with Crippen LogP contribution in [0.3, 0.4) is 0 Å². The molecule has 1 atom stereocenters. The van der Waals surface area contributed by atoms with Gasteiger partial charge in [0, 0.05) is 39.4 Å². The maximum absolute atomic E-state index is 12.8. The van der Waals surface area contributed by atoms with E-state index in [0.29, 0.717) is 37.9 Å². The van der Waals surface area contributed by atoms with Crippen molar-refractivity contribution in [1.82, 2.24) is 25.7 Å². The number of carbonyl (C=O) groups excluding carboxylic acids is 2. The molecule has 2 fully saturated rings. The number of morpholine rings is 1. The van der Waals surface area contributed by atoms with E-state index in [1.165, 1.54) is 18.1 Å². The fourth-order valence-corrected chi connectivity index (χ4v) is 5.37. The zero-order valence-corrected chi connectivity index (χ0v) is 21.6. The van der Waals surface area contributed by atoms with Crippen molar-refractivity contribution in [1.29, 1.82) is 0 Å². The predicted molar refractivity (Wildman–Crippen MR) is 135 cm³/mol. The number of hydrogen-bond acceptors (Lipinski definition) is 7. The molecule has 36 heavy (non-hydrogen) atoms. The summed E-state index contributed by atoms with van der Waals surface area (Å²) in [5.41, 5.74) is 1.83. The Labute approximate surface area is 213 Å². The fraction of sp³-hybridized carbons (Fsp3) is 0.630. The van der Waals surface area contributed by atoms with Crippen LogP contribution in [0.25, 0.3) is 0 Å². The number of ether oxygens (including phenoxy) is 1. The number of amides is 2. The average molecular weight is 498 g/mol. The maximum atomic E-state index is 12.8. The summed E-state index contributed by atoms with van der Waals surface area (Å²) in [5, 5.41) is 10.4. The lowest BCUT2D eigenvalue weighted by Gasteiger charge is -2.35. The fourth-order valence-electron chi connectivity index (χ4n) is 5.37. The Morgan fingerprint density at radius 3 is 2.58 bits per heavy atom. The zero-order valence-electron chi connectivity index (χ0n) is 21.6. The molecular weight excluding hydrogens is 458 g/mol. The van der Waals surface area contributed by atoms with Gasteiger partial charge in [0.15, 0.2) is 5.82 Å². The lowest BCUT2D eigenvalue weighted by atomic mass is 9.89. The summed E-state index contributed by atoms with van der Waals surface area (Å²) in [6.45, 7) is 7.24. The van der Waals surface area contributed by atoms with Gasteiger partial charge < -0.3 is 19.9 Å². The SMILES string of the molecule is CC(=O)NC1(c2noc(CCC(=O)NCC(c3cccc(C)c3)N3CCOCC3)n2)CCCCCC1. The van der Waals surface area contributed by atoms with Gasteiger partial charge in [0.1, 0.15) is 5.54 Å². The first kappa shape index (κ1) is 26.3. The van der Waals surface area contributed by atoms with E-state index < -0.39 is 5.54 Å². The van der Waals surface area contributed by atoms with E-state index in [4.69, 9.17) is 9.26 Å². The molecule has 2 N–H and O–H groups in total. The van der Waals surface area contributed by atoms with Gasteiger partial charge in [-0.15, -0.1) is 0 Å². The Balaban J connectivity index is 1.35. The van der Waals surface area contributed by atoms with E-state index in [9.17, 15) is 9.59 Å². The minimum absolute atomic E-state index is 0.0493. The predicted octanol–water partition coefficient (Wildman–Crippen LogP) is 3.19. The molecule has 2 aliphatic rings. The first-order chi connectivity index (χ1) is 17.4. The molecule has 1 aliphatic carbocycles. The molecule has 1 aliphatic heterocycles. The van der Waals surface area contributed by atoms with Crippen LogP contribution in [0.5, 0.6) is 0 Å². The van der Waals surface area contributed by atoms with Gasteiger partial charge in [-0.3, -0.25) is 14.5 Å². The maximum Gasteiger partial charge on any atom is 0.227 e. The van der Waals surface area contributed by atoms with Crippen molar-refractivity contribution in [2.75, 3.05) is 32.8 Å². The molecule has 1 aromatic heterocycles. The van der Waals surface area contributed by atoms with Gasteiger partial charge in [-0.25, -0.2) is 0 Å². The van der Waals surface area contributed by atoms with Crippen molar-refractivity contribution in [2.45, 2.75) is 76.8 Å². The van der Waals surface area contributed by atoms with Crippen molar-refractivity contribution in [2.24, 2.45) is 0 Å². The van der Waals surface area contributed by atoms with Gasteiger partial charge in [-0.1, -0.05) is 60.7 Å². The topological polar surface area (TPSA) is 110 Å². The van der Waals surface area contributed by atoms with Crippen molar-refractivity contribution >= 4 is 11.8 Å². The van der Waals surface area contributed by atoms with Crippen molar-refractivity contribution < 1.29 is 18.8 Å². The highest BCUT2D eigenvalue weighted by atomic mass is 16.5. The minimum Gasteiger partial charge on any atom is -0.379 e. The van der Waals surface area contributed by atoms with Crippen LogP contribution in [0.4, 0.5) is 0 Å². The van der Waals surface area contributed by atoms with Crippen molar-refractivity contribution in [3.8, 4) is 0 Å². The van der Waals surface area contributed by atoms with Crippen LogP contribution in [-0.2, 0) is 26.3 Å². The molecule has 1 saturated carbocycles. The highest BCUT2D eigenvalue weighted by molar-refractivity contribution is 5.76. The molecule has 0 bridgehead atoms. The van der Waals surface area contributed by atoms with E-state index in [1.807, 2.05) is 0 Å². The number of hydrogen-bond donors (Lipinski definition) is 2. The first-order valence-electron chi connectivity index (χ1n) is 13.2. The van der Waals surface area contributed by atoms with Gasteiger partial charge in [-0.2, -0.15) is 4.98 Å². The molecule has 0 radical (unpaired) electrons. The second-order valence-corrected chi connectivity index (χ2v) is 10.1. The quantitative estimate of drug-likeness (QED) is 0.512. The summed E-state index contributed by atoms with van der Waals surface area (Å²) in [4.78, 5) is 31.7. The van der Waals surface area contributed by atoms with Gasteiger partial charge in [0.25, 0.3) is 0 Å². The Bertz CT molecular complexity index is 1010. The number of nitrogens with zero attached hydrogens (tertiary/aromatic N) is 3. The van der Waals surface area contributed by atoms with Gasteiger partial charge in [-0.05, 0) is 25.3 Å². The number of aryl methyl sites for hydroxylation is 2. The molecular formula is C27H39N5O4. The molecule has 1 aromatic carbocycles. The van der Waals surface area contributed by atoms with Crippen molar-refractivity contribution in [3.05, 3.63) is 47.1 Å². The summed E-state index contributed by atoms with van der Waals surface area (Å²) >= 11 is 0. The van der Waals surface area contributed by atoms with Crippen LogP contribution in [0, 0.1) is 6.92 Å². The summed E-state index contributed by atoms with van der Waals surface area (Å²) < 4.78 is 11.0. The van der Waals surface area contributed by atoms with Crippen molar-refractivity contribution in [3.63, 3.8) is 0 Å². The summed E-state index contributed by atoms with van der Waals surface area (Å²) in [6, 6.07) is 8.56. The number of aromatic nitrogens is 2. The van der Waals surface area contributed by atoms with Gasteiger partial charge in [0.2, 0.25) is 17.7 Å². The van der Waals surface area contributed by atoms with Crippen LogP contribution < -0.4 is 10.6 Å². The number of carbonyl (C=O) groups is 2. The summed E-state index contributed by atoms with van der Waals surface area (Å²) in [7, 11) is 0. The smallest absolute Gasteiger partial charge is 0.227 e. The second kappa shape index (κ2) is 12.5. The van der Waals surface area contributed by atoms with Crippen LogP contribution in [0.1, 0.15) is 80.8 Å². The van der Waals surface area contributed by atoms with Crippen LogP contribution in [-0.4, -0.2) is 59.7 Å². The molecule has 9 heteroatoms. The zero-order chi connectivity index (χ0) is 25.4. The molecule has 4 rings (SSSR count). The Hall–Kier alpha value is -2.78. The molecule has 2 heterocycles. The van der Waals surface area contributed by atoms with Gasteiger partial charge in [0.05, 0.1) is 19.3 Å². The number of nitrogens with one attached hydrogen (secondary N) is 2. The second-order valence-electron chi connectivity index (χ2n) is 10.1. The highest BCUT2D eigenvalue weighted by Crippen LogP contribution is 2.34. The number of benzene rings is 1. The monoisotopic (exact) mass is 497 g/mol. The van der Waals surface area contributed by atoms with E-state index in [-0.39, 0.29) is 24.3 Å². The third-order valence-corrected chi connectivity index (χ3v) is 7.24. The lowest BCUT2D eigenvalue weighted by molar-refractivity contribution is -0.122. The standard InChI is InChI=1S/C27H39N5O4/c1-20-8-7-9-22(18-20)23(32-14-16-35-17-15-32)19-28-24(34)10-11-25-29-26(31-36-25)27(30-21(2)33)12-5-3-4-6-13-27/h7-9,18,23H,3-6,10-17,19H2,1-2H3,(H,28,34)(H,30,33). The number of rotatable bonds is 9. The van der Waals surface area contributed by atoms with Crippen LogP contribution in [0.15, 0.2) is 28.8 Å². The molecule has 196 valence electrons. The molecule has 2 aromatic rings. The Kier molecular flexibility index (Phi) is 9.09. The Morgan fingerprint density at radius 2 is 1.89 bits per heavy atom. The summed E-state index contributed by atoms with van der Waals surface area (Å²) in [5.74, 6) is 0.817. The molecule has 0 spiro atoms. The first-order valence-corrected chi connectivity index (χ1v) is 13.2. The third kappa shape index (κ3) is 6.91. The molecule has 9 nitrogen and oxygen atoms in total. The largest absolute Gasteiger partial charge is 0.379 e. The van der Waals surface area contributed by atoms with Crippen LogP contribution >= 0.6 is 0 Å². The Morgan fingerprint density at radius 1 is 1.14 bits per heavy atom. The van der Waals surface area contributed by atoms with E-state index in [2.05, 4.69) is 56.9 Å².